The van der Waals surface area contributed by atoms with E-state index in [4.69, 9.17) is 4.98 Å². The van der Waals surface area contributed by atoms with Gasteiger partial charge in [0.1, 0.15) is 5.82 Å². The molecule has 0 saturated carbocycles. The molecule has 30 heavy (non-hydrogen) atoms. The lowest BCUT2D eigenvalue weighted by Gasteiger charge is -2.20. The number of carbonyl (C=O) groups is 1. The van der Waals surface area contributed by atoms with Crippen molar-refractivity contribution in [3.63, 3.8) is 0 Å². The van der Waals surface area contributed by atoms with Crippen LogP contribution in [0.2, 0.25) is 0 Å². The third-order valence-corrected chi connectivity index (χ3v) is 5.99. The Labute approximate surface area is 179 Å². The standard InChI is InChI=1S/C25H32N4O/c1-3-14-29-23-13-12-20(26-25(30)21-11-7-6-10-19(21)2)17-22(23)27-24(29)18-28-15-8-4-5-9-16-28/h6-7,10-13,17H,3-5,8-9,14-16,18H2,1-2H3,(H,26,30). The second-order valence-electron chi connectivity index (χ2n) is 8.34. The van der Waals surface area contributed by atoms with Crippen LogP contribution >= 0.6 is 0 Å². The van der Waals surface area contributed by atoms with Gasteiger partial charge < -0.3 is 9.88 Å². The minimum atomic E-state index is -0.0785. The summed E-state index contributed by atoms with van der Waals surface area (Å²) in [6, 6.07) is 13.7. The molecule has 3 aromatic rings. The van der Waals surface area contributed by atoms with Crippen LogP contribution in [0.5, 0.6) is 0 Å². The van der Waals surface area contributed by atoms with Crippen LogP contribution in [-0.4, -0.2) is 33.4 Å². The lowest BCUT2D eigenvalue weighted by atomic mass is 10.1. The van der Waals surface area contributed by atoms with E-state index in [0.717, 1.165) is 60.7 Å². The van der Waals surface area contributed by atoms with Gasteiger partial charge in [0.2, 0.25) is 0 Å². The number of benzene rings is 2. The molecule has 0 atom stereocenters. The van der Waals surface area contributed by atoms with E-state index < -0.39 is 0 Å². The Hall–Kier alpha value is -2.66. The van der Waals surface area contributed by atoms with Crippen LogP contribution < -0.4 is 5.32 Å². The summed E-state index contributed by atoms with van der Waals surface area (Å²) in [5, 5.41) is 3.04. The Morgan fingerprint density at radius 1 is 1.07 bits per heavy atom. The predicted octanol–water partition coefficient (Wildman–Crippen LogP) is 5.38. The first-order chi connectivity index (χ1) is 14.7. The topological polar surface area (TPSA) is 50.2 Å². The Morgan fingerprint density at radius 3 is 2.57 bits per heavy atom. The molecule has 2 heterocycles. The fourth-order valence-corrected chi connectivity index (χ4v) is 4.37. The SMILES string of the molecule is CCCn1c(CN2CCCCCC2)nc2cc(NC(=O)c3ccccc3C)ccc21. The molecule has 2 aromatic carbocycles. The third kappa shape index (κ3) is 4.57. The zero-order valence-electron chi connectivity index (χ0n) is 18.2. The molecule has 0 spiro atoms. The maximum absolute atomic E-state index is 12.7. The number of nitrogens with one attached hydrogen (secondary N) is 1. The van der Waals surface area contributed by atoms with E-state index in [0.29, 0.717) is 5.56 Å². The van der Waals surface area contributed by atoms with Gasteiger partial charge in [-0.05, 0) is 69.1 Å². The Balaban J connectivity index is 1.59. The molecule has 1 aliphatic rings. The Morgan fingerprint density at radius 2 is 1.83 bits per heavy atom. The van der Waals surface area contributed by atoms with Crippen LogP contribution in [0.1, 0.15) is 60.8 Å². The van der Waals surface area contributed by atoms with Gasteiger partial charge in [0.15, 0.2) is 0 Å². The third-order valence-electron chi connectivity index (χ3n) is 5.99. The van der Waals surface area contributed by atoms with Gasteiger partial charge in [-0.15, -0.1) is 0 Å². The second-order valence-corrected chi connectivity index (χ2v) is 8.34. The number of aromatic nitrogens is 2. The lowest BCUT2D eigenvalue weighted by molar-refractivity contribution is 0.102. The molecule has 5 heteroatoms. The predicted molar refractivity (Wildman–Crippen MR) is 123 cm³/mol. The molecule has 1 aliphatic heterocycles. The number of likely N-dealkylation sites (tertiary alicyclic amines) is 1. The summed E-state index contributed by atoms with van der Waals surface area (Å²) in [7, 11) is 0. The van der Waals surface area contributed by atoms with Gasteiger partial charge in [0, 0.05) is 17.8 Å². The average molecular weight is 405 g/mol. The largest absolute Gasteiger partial charge is 0.327 e. The van der Waals surface area contributed by atoms with Crippen molar-refractivity contribution in [2.75, 3.05) is 18.4 Å². The number of imidazole rings is 1. The van der Waals surface area contributed by atoms with Crippen molar-refractivity contribution in [1.82, 2.24) is 14.5 Å². The highest BCUT2D eigenvalue weighted by Gasteiger charge is 2.16. The molecule has 158 valence electrons. The highest BCUT2D eigenvalue weighted by atomic mass is 16.1. The molecule has 1 saturated heterocycles. The van der Waals surface area contributed by atoms with Crippen LogP contribution in [0.25, 0.3) is 11.0 Å². The Kier molecular flexibility index (Phi) is 6.48. The number of amides is 1. The molecule has 0 unspecified atom stereocenters. The molecular formula is C25H32N4O. The van der Waals surface area contributed by atoms with Gasteiger partial charge in [-0.2, -0.15) is 0 Å². The number of hydrogen-bond donors (Lipinski definition) is 1. The van der Waals surface area contributed by atoms with Gasteiger partial charge in [-0.3, -0.25) is 9.69 Å². The monoisotopic (exact) mass is 404 g/mol. The van der Waals surface area contributed by atoms with Gasteiger partial charge in [0.25, 0.3) is 5.91 Å². The van der Waals surface area contributed by atoms with Crippen LogP contribution in [0.4, 0.5) is 5.69 Å². The fraction of sp³-hybridized carbons (Fsp3) is 0.440. The number of rotatable bonds is 6. The van der Waals surface area contributed by atoms with Crippen molar-refractivity contribution in [2.45, 2.75) is 59.0 Å². The number of nitrogens with zero attached hydrogens (tertiary/aromatic N) is 3. The quantitative estimate of drug-likeness (QED) is 0.600. The summed E-state index contributed by atoms with van der Waals surface area (Å²) < 4.78 is 2.35. The summed E-state index contributed by atoms with van der Waals surface area (Å²) in [4.78, 5) is 20.2. The summed E-state index contributed by atoms with van der Waals surface area (Å²) >= 11 is 0. The minimum absolute atomic E-state index is 0.0785. The van der Waals surface area contributed by atoms with Crippen molar-refractivity contribution < 1.29 is 4.79 Å². The van der Waals surface area contributed by atoms with E-state index in [1.165, 1.54) is 25.7 Å². The molecule has 1 amide bonds. The maximum Gasteiger partial charge on any atom is 0.255 e. The van der Waals surface area contributed by atoms with Crippen LogP contribution in [0.3, 0.4) is 0 Å². The zero-order chi connectivity index (χ0) is 20.9. The van der Waals surface area contributed by atoms with E-state index in [2.05, 4.69) is 27.8 Å². The van der Waals surface area contributed by atoms with Crippen LogP contribution in [0.15, 0.2) is 42.5 Å². The van der Waals surface area contributed by atoms with Crippen molar-refractivity contribution in [2.24, 2.45) is 0 Å². The Bertz CT molecular complexity index is 1020. The summed E-state index contributed by atoms with van der Waals surface area (Å²) in [6.45, 7) is 8.35. The van der Waals surface area contributed by atoms with Crippen molar-refractivity contribution in [3.05, 3.63) is 59.4 Å². The number of hydrogen-bond acceptors (Lipinski definition) is 3. The molecule has 5 nitrogen and oxygen atoms in total. The van der Waals surface area contributed by atoms with Gasteiger partial charge in [-0.25, -0.2) is 4.98 Å². The first kappa shape index (κ1) is 20.6. The summed E-state index contributed by atoms with van der Waals surface area (Å²) in [5.74, 6) is 1.06. The van der Waals surface area contributed by atoms with Gasteiger partial charge in [0.05, 0.1) is 17.6 Å². The number of fused-ring (bicyclic) bond motifs is 1. The average Bonchev–Trinajstić information content (AvgIpc) is 2.89. The molecule has 0 radical (unpaired) electrons. The normalized spacial score (nSPS) is 15.3. The van der Waals surface area contributed by atoms with Crippen molar-refractivity contribution in [3.8, 4) is 0 Å². The summed E-state index contributed by atoms with van der Waals surface area (Å²) in [5.41, 5.74) is 4.57. The van der Waals surface area contributed by atoms with E-state index in [-0.39, 0.29) is 5.91 Å². The zero-order valence-corrected chi connectivity index (χ0v) is 18.2. The van der Waals surface area contributed by atoms with E-state index in [1.807, 2.05) is 43.3 Å². The van der Waals surface area contributed by atoms with Crippen LogP contribution in [-0.2, 0) is 13.1 Å². The van der Waals surface area contributed by atoms with Gasteiger partial charge >= 0.3 is 0 Å². The molecule has 0 aliphatic carbocycles. The number of aryl methyl sites for hydroxylation is 2. The minimum Gasteiger partial charge on any atom is -0.327 e. The molecule has 1 fully saturated rings. The van der Waals surface area contributed by atoms with Crippen molar-refractivity contribution in [1.29, 1.82) is 0 Å². The second kappa shape index (κ2) is 9.43. The first-order valence-electron chi connectivity index (χ1n) is 11.2. The van der Waals surface area contributed by atoms with Gasteiger partial charge in [-0.1, -0.05) is 38.0 Å². The van der Waals surface area contributed by atoms with E-state index >= 15 is 0 Å². The lowest BCUT2D eigenvalue weighted by Crippen LogP contribution is -2.26. The highest BCUT2D eigenvalue weighted by molar-refractivity contribution is 6.05. The van der Waals surface area contributed by atoms with E-state index in [9.17, 15) is 4.79 Å². The highest BCUT2D eigenvalue weighted by Crippen LogP contribution is 2.23. The van der Waals surface area contributed by atoms with E-state index in [1.54, 1.807) is 0 Å². The van der Waals surface area contributed by atoms with Crippen LogP contribution in [0, 0.1) is 6.92 Å². The first-order valence-corrected chi connectivity index (χ1v) is 11.2. The smallest absolute Gasteiger partial charge is 0.255 e. The molecule has 1 N–H and O–H groups in total. The molecular weight excluding hydrogens is 372 g/mol. The molecule has 4 rings (SSSR count). The number of anilines is 1. The summed E-state index contributed by atoms with van der Waals surface area (Å²) in [6.07, 6.45) is 6.31. The number of carbonyl (C=O) groups excluding carboxylic acids is 1. The van der Waals surface area contributed by atoms with Crippen molar-refractivity contribution >= 4 is 22.6 Å². The fourth-order valence-electron chi connectivity index (χ4n) is 4.37. The maximum atomic E-state index is 12.7. The molecule has 0 bridgehead atoms. The molecule has 1 aromatic heterocycles.